The first kappa shape index (κ1) is 11.5. The molecule has 0 fully saturated rings. The zero-order chi connectivity index (χ0) is 11.5. The highest BCUT2D eigenvalue weighted by Crippen LogP contribution is 2.45. The van der Waals surface area contributed by atoms with Crippen LogP contribution in [-0.2, 0) is 6.42 Å². The molecule has 1 aromatic rings. The Bertz CT molecular complexity index is 395. The minimum absolute atomic E-state index is 0.217. The fraction of sp³-hybridized carbons (Fsp3) is 0.455. The first-order chi connectivity index (χ1) is 7.74. The van der Waals surface area contributed by atoms with Crippen LogP contribution in [-0.4, -0.2) is 18.4 Å². The maximum absolute atomic E-state index is 9.95. The number of rotatable bonds is 4. The summed E-state index contributed by atoms with van der Waals surface area (Å²) in [5.74, 6) is 1.59. The quantitative estimate of drug-likeness (QED) is 0.833. The van der Waals surface area contributed by atoms with E-state index in [9.17, 15) is 5.11 Å². The molecule has 0 spiro atoms. The van der Waals surface area contributed by atoms with Gasteiger partial charge in [-0.15, -0.1) is 0 Å². The average molecular weight is 288 g/mol. The summed E-state index contributed by atoms with van der Waals surface area (Å²) in [4.78, 5) is 0. The topological polar surface area (TPSA) is 64.7 Å². The molecule has 88 valence electrons. The van der Waals surface area contributed by atoms with Crippen LogP contribution in [0.3, 0.4) is 0 Å². The predicted molar refractivity (Wildman–Crippen MR) is 63.9 cm³/mol. The van der Waals surface area contributed by atoms with E-state index >= 15 is 0 Å². The van der Waals surface area contributed by atoms with Gasteiger partial charge >= 0.3 is 0 Å². The van der Waals surface area contributed by atoms with Gasteiger partial charge in [-0.1, -0.05) is 0 Å². The Hall–Kier alpha value is -0.940. The number of nitrogens with two attached hydrogens (primary N) is 1. The number of halogens is 1. The highest BCUT2D eigenvalue weighted by molar-refractivity contribution is 9.10. The summed E-state index contributed by atoms with van der Waals surface area (Å²) in [6, 6.07) is 1.73. The SMILES string of the molecule is NCCCCc1c(O)c(Br)cc2c1OCO2. The molecule has 16 heavy (non-hydrogen) atoms. The van der Waals surface area contributed by atoms with Crippen molar-refractivity contribution in [2.24, 2.45) is 5.73 Å². The van der Waals surface area contributed by atoms with Crippen molar-refractivity contribution in [2.75, 3.05) is 13.3 Å². The van der Waals surface area contributed by atoms with Gasteiger partial charge in [0.05, 0.1) is 4.47 Å². The Kier molecular flexibility index (Phi) is 3.56. The van der Waals surface area contributed by atoms with Crippen molar-refractivity contribution in [1.29, 1.82) is 0 Å². The van der Waals surface area contributed by atoms with Gasteiger partial charge in [0.15, 0.2) is 11.5 Å². The van der Waals surface area contributed by atoms with Gasteiger partial charge < -0.3 is 20.3 Å². The lowest BCUT2D eigenvalue weighted by Gasteiger charge is -2.09. The van der Waals surface area contributed by atoms with Crippen LogP contribution < -0.4 is 15.2 Å². The van der Waals surface area contributed by atoms with Gasteiger partial charge in [-0.3, -0.25) is 0 Å². The number of benzene rings is 1. The van der Waals surface area contributed by atoms with E-state index in [4.69, 9.17) is 15.2 Å². The Morgan fingerprint density at radius 3 is 2.94 bits per heavy atom. The number of aromatic hydroxyl groups is 1. The van der Waals surface area contributed by atoms with Crippen molar-refractivity contribution in [2.45, 2.75) is 19.3 Å². The molecule has 0 radical (unpaired) electrons. The van der Waals surface area contributed by atoms with Crippen LogP contribution in [0.4, 0.5) is 0 Å². The van der Waals surface area contributed by atoms with E-state index in [1.165, 1.54) is 0 Å². The standard InChI is InChI=1S/C11H14BrNO3/c12-8-5-9-11(16-6-15-9)7(10(8)14)3-1-2-4-13/h5,14H,1-4,6,13H2. The van der Waals surface area contributed by atoms with E-state index in [0.717, 1.165) is 24.8 Å². The lowest BCUT2D eigenvalue weighted by Crippen LogP contribution is -2.00. The molecule has 0 unspecified atom stereocenters. The zero-order valence-corrected chi connectivity index (χ0v) is 10.4. The molecule has 0 aliphatic carbocycles. The summed E-state index contributed by atoms with van der Waals surface area (Å²) in [7, 11) is 0. The van der Waals surface area contributed by atoms with Crippen molar-refractivity contribution in [3.05, 3.63) is 16.1 Å². The molecule has 0 aromatic heterocycles. The molecule has 1 heterocycles. The lowest BCUT2D eigenvalue weighted by atomic mass is 10.1. The summed E-state index contributed by atoms with van der Waals surface area (Å²) < 4.78 is 11.3. The number of fused-ring (bicyclic) bond motifs is 1. The lowest BCUT2D eigenvalue weighted by molar-refractivity contribution is 0.173. The maximum Gasteiger partial charge on any atom is 0.231 e. The molecular weight excluding hydrogens is 274 g/mol. The third-order valence-corrected chi connectivity index (χ3v) is 3.17. The molecule has 0 saturated carbocycles. The van der Waals surface area contributed by atoms with Crippen molar-refractivity contribution < 1.29 is 14.6 Å². The summed E-state index contributed by atoms with van der Waals surface area (Å²) in [5, 5.41) is 9.95. The second-order valence-electron chi connectivity index (χ2n) is 3.67. The van der Waals surface area contributed by atoms with E-state index in [0.29, 0.717) is 22.5 Å². The number of phenols is 1. The minimum Gasteiger partial charge on any atom is -0.506 e. The molecule has 0 atom stereocenters. The third-order valence-electron chi connectivity index (χ3n) is 2.57. The average Bonchev–Trinajstić information content (AvgIpc) is 2.71. The number of unbranched alkanes of at least 4 members (excludes halogenated alkanes) is 1. The van der Waals surface area contributed by atoms with Gasteiger partial charge in [0.2, 0.25) is 6.79 Å². The molecule has 0 saturated heterocycles. The number of phenolic OH excluding ortho intramolecular Hbond substituents is 1. The first-order valence-corrected chi connectivity index (χ1v) is 6.03. The summed E-state index contributed by atoms with van der Waals surface area (Å²) in [6.45, 7) is 0.878. The Morgan fingerprint density at radius 1 is 1.38 bits per heavy atom. The Labute approximate surface area is 102 Å². The zero-order valence-electron chi connectivity index (χ0n) is 8.83. The third kappa shape index (κ3) is 2.10. The molecule has 5 heteroatoms. The molecule has 1 aliphatic heterocycles. The van der Waals surface area contributed by atoms with Crippen molar-refractivity contribution in [3.8, 4) is 17.2 Å². The number of hydrogen-bond donors (Lipinski definition) is 2. The second kappa shape index (κ2) is 4.93. The van der Waals surface area contributed by atoms with Crippen LogP contribution in [0, 0.1) is 0 Å². The summed E-state index contributed by atoms with van der Waals surface area (Å²) >= 11 is 3.30. The molecule has 1 aliphatic rings. The van der Waals surface area contributed by atoms with Crippen molar-refractivity contribution in [1.82, 2.24) is 0 Å². The van der Waals surface area contributed by atoms with Gasteiger partial charge in [-0.2, -0.15) is 0 Å². The smallest absolute Gasteiger partial charge is 0.231 e. The highest BCUT2D eigenvalue weighted by Gasteiger charge is 2.22. The van der Waals surface area contributed by atoms with E-state index < -0.39 is 0 Å². The molecule has 3 N–H and O–H groups in total. The monoisotopic (exact) mass is 287 g/mol. The molecule has 0 bridgehead atoms. The normalized spacial score (nSPS) is 13.1. The summed E-state index contributed by atoms with van der Waals surface area (Å²) in [6.07, 6.45) is 2.60. The van der Waals surface area contributed by atoms with Crippen LogP contribution in [0.5, 0.6) is 17.2 Å². The fourth-order valence-electron chi connectivity index (χ4n) is 1.74. The van der Waals surface area contributed by atoms with E-state index in [1.54, 1.807) is 6.07 Å². The molecule has 0 amide bonds. The molecular formula is C11H14BrNO3. The van der Waals surface area contributed by atoms with Gasteiger partial charge in [0.25, 0.3) is 0 Å². The van der Waals surface area contributed by atoms with Gasteiger partial charge in [0, 0.05) is 11.6 Å². The van der Waals surface area contributed by atoms with Gasteiger partial charge in [-0.05, 0) is 41.7 Å². The van der Waals surface area contributed by atoms with Crippen LogP contribution in [0.15, 0.2) is 10.5 Å². The molecule has 1 aromatic carbocycles. The molecule has 4 nitrogen and oxygen atoms in total. The molecule has 2 rings (SSSR count). The number of ether oxygens (including phenoxy) is 2. The number of hydrogen-bond acceptors (Lipinski definition) is 4. The maximum atomic E-state index is 9.95. The predicted octanol–water partition coefficient (Wildman–Crippen LogP) is 2.16. The largest absolute Gasteiger partial charge is 0.506 e. The van der Waals surface area contributed by atoms with Crippen LogP contribution >= 0.6 is 15.9 Å². The van der Waals surface area contributed by atoms with E-state index in [1.807, 2.05) is 0 Å². The highest BCUT2D eigenvalue weighted by atomic mass is 79.9. The second-order valence-corrected chi connectivity index (χ2v) is 4.52. The van der Waals surface area contributed by atoms with Gasteiger partial charge in [0.1, 0.15) is 5.75 Å². The van der Waals surface area contributed by atoms with Crippen LogP contribution in [0.25, 0.3) is 0 Å². The Balaban J connectivity index is 2.27. The van der Waals surface area contributed by atoms with Crippen molar-refractivity contribution >= 4 is 15.9 Å². The van der Waals surface area contributed by atoms with E-state index in [-0.39, 0.29) is 12.5 Å². The van der Waals surface area contributed by atoms with E-state index in [2.05, 4.69) is 15.9 Å². The van der Waals surface area contributed by atoms with Crippen molar-refractivity contribution in [3.63, 3.8) is 0 Å². The Morgan fingerprint density at radius 2 is 2.19 bits per heavy atom. The van der Waals surface area contributed by atoms with Crippen LogP contribution in [0.1, 0.15) is 18.4 Å². The fourth-order valence-corrected chi connectivity index (χ4v) is 2.19. The summed E-state index contributed by atoms with van der Waals surface area (Å²) in [5.41, 5.74) is 6.25. The minimum atomic E-state index is 0.217. The van der Waals surface area contributed by atoms with Gasteiger partial charge in [-0.25, -0.2) is 0 Å². The van der Waals surface area contributed by atoms with Crippen LogP contribution in [0.2, 0.25) is 0 Å². The first-order valence-electron chi connectivity index (χ1n) is 5.24.